The van der Waals surface area contributed by atoms with Crippen LogP contribution in [0.4, 0.5) is 0 Å². The van der Waals surface area contributed by atoms with Gasteiger partial charge in [-0.25, -0.2) is 0 Å². The molecule has 0 spiro atoms. The Morgan fingerprint density at radius 3 is 2.80 bits per heavy atom. The Hall–Kier alpha value is -2.11. The molecule has 2 amide bonds. The molecule has 0 unspecified atom stereocenters. The van der Waals surface area contributed by atoms with Crippen molar-refractivity contribution in [1.29, 1.82) is 0 Å². The molecule has 6 nitrogen and oxygen atoms in total. The number of pyridine rings is 1. The van der Waals surface area contributed by atoms with Crippen LogP contribution in [0.15, 0.2) is 23.0 Å². The predicted octanol–water partition coefficient (Wildman–Crippen LogP) is 1.49. The lowest BCUT2D eigenvalue weighted by Crippen LogP contribution is -2.49. The van der Waals surface area contributed by atoms with Crippen molar-refractivity contribution in [3.8, 4) is 0 Å². The number of aromatic nitrogens is 1. The van der Waals surface area contributed by atoms with Gasteiger partial charge in [-0.2, -0.15) is 0 Å². The Morgan fingerprint density at radius 2 is 2.04 bits per heavy atom. The molecule has 1 fully saturated rings. The van der Waals surface area contributed by atoms with Gasteiger partial charge in [-0.05, 0) is 31.7 Å². The first kappa shape index (κ1) is 17.7. The lowest BCUT2D eigenvalue weighted by Gasteiger charge is -2.42. The van der Waals surface area contributed by atoms with E-state index in [1.165, 1.54) is 0 Å². The van der Waals surface area contributed by atoms with E-state index in [9.17, 15) is 14.4 Å². The van der Waals surface area contributed by atoms with Crippen molar-refractivity contribution in [2.75, 3.05) is 13.1 Å². The van der Waals surface area contributed by atoms with Crippen LogP contribution in [0.2, 0.25) is 0 Å². The van der Waals surface area contributed by atoms with Crippen LogP contribution in [0.1, 0.15) is 51.1 Å². The summed E-state index contributed by atoms with van der Waals surface area (Å²) in [4.78, 5) is 38.3. The Balaban J connectivity index is 1.60. The normalized spacial score (nSPS) is 22.9. The van der Waals surface area contributed by atoms with Crippen LogP contribution in [-0.4, -0.2) is 40.4 Å². The molecule has 1 aromatic heterocycles. The maximum absolute atomic E-state index is 12.5. The summed E-state index contributed by atoms with van der Waals surface area (Å²) in [6.07, 6.45) is 2.41. The number of fused-ring (bicyclic) bond motifs is 4. The van der Waals surface area contributed by atoms with Crippen LogP contribution in [0.5, 0.6) is 0 Å². The first-order valence-corrected chi connectivity index (χ1v) is 9.24. The van der Waals surface area contributed by atoms with Crippen molar-refractivity contribution in [1.82, 2.24) is 14.8 Å². The monoisotopic (exact) mass is 345 g/mol. The second-order valence-electron chi connectivity index (χ2n) is 7.37. The Bertz CT molecular complexity index is 712. The third kappa shape index (κ3) is 3.94. The smallest absolute Gasteiger partial charge is 0.250 e. The SMILES string of the molecule is CC[C@H](C)NC(=O)CCC(=O)N1C[C@@H]2C[C@H](C1)c1cccc(=O)n1C2. The van der Waals surface area contributed by atoms with Gasteiger partial charge in [0.25, 0.3) is 5.56 Å². The fourth-order valence-electron chi connectivity index (χ4n) is 3.93. The van der Waals surface area contributed by atoms with Crippen molar-refractivity contribution < 1.29 is 9.59 Å². The number of hydrogen-bond donors (Lipinski definition) is 1. The van der Waals surface area contributed by atoms with Gasteiger partial charge in [0.2, 0.25) is 11.8 Å². The molecule has 2 bridgehead atoms. The van der Waals surface area contributed by atoms with Crippen LogP contribution in [0.25, 0.3) is 0 Å². The summed E-state index contributed by atoms with van der Waals surface area (Å²) in [5.74, 6) is 0.529. The van der Waals surface area contributed by atoms with E-state index in [0.29, 0.717) is 25.6 Å². The second-order valence-corrected chi connectivity index (χ2v) is 7.37. The molecule has 25 heavy (non-hydrogen) atoms. The Labute approximate surface area is 148 Å². The number of amides is 2. The fourth-order valence-corrected chi connectivity index (χ4v) is 3.93. The number of nitrogens with zero attached hydrogens (tertiary/aromatic N) is 2. The van der Waals surface area contributed by atoms with E-state index in [1.54, 1.807) is 12.1 Å². The summed E-state index contributed by atoms with van der Waals surface area (Å²) in [5, 5.41) is 2.90. The maximum atomic E-state index is 12.5. The number of nitrogens with one attached hydrogen (secondary N) is 1. The van der Waals surface area contributed by atoms with Gasteiger partial charge < -0.3 is 14.8 Å². The molecule has 1 saturated heterocycles. The van der Waals surface area contributed by atoms with E-state index < -0.39 is 0 Å². The molecular weight excluding hydrogens is 318 g/mol. The molecule has 1 N–H and O–H groups in total. The molecule has 6 heteroatoms. The van der Waals surface area contributed by atoms with E-state index >= 15 is 0 Å². The van der Waals surface area contributed by atoms with Crippen LogP contribution in [0.3, 0.4) is 0 Å². The van der Waals surface area contributed by atoms with Crippen molar-refractivity contribution in [3.63, 3.8) is 0 Å². The van der Waals surface area contributed by atoms with E-state index in [2.05, 4.69) is 5.32 Å². The first-order valence-electron chi connectivity index (χ1n) is 9.24. The van der Waals surface area contributed by atoms with Gasteiger partial charge in [-0.1, -0.05) is 13.0 Å². The molecule has 2 aliphatic rings. The molecule has 0 aliphatic carbocycles. The zero-order chi connectivity index (χ0) is 18.0. The quantitative estimate of drug-likeness (QED) is 0.879. The highest BCUT2D eigenvalue weighted by Crippen LogP contribution is 2.35. The fraction of sp³-hybridized carbons (Fsp3) is 0.632. The predicted molar refractivity (Wildman–Crippen MR) is 95.3 cm³/mol. The van der Waals surface area contributed by atoms with Crippen LogP contribution >= 0.6 is 0 Å². The summed E-state index contributed by atoms with van der Waals surface area (Å²) in [7, 11) is 0. The highest BCUT2D eigenvalue weighted by atomic mass is 16.2. The second kappa shape index (κ2) is 7.42. The van der Waals surface area contributed by atoms with Crippen LogP contribution in [-0.2, 0) is 16.1 Å². The first-order chi connectivity index (χ1) is 12.0. The Kier molecular flexibility index (Phi) is 5.25. The lowest BCUT2D eigenvalue weighted by atomic mass is 9.83. The maximum Gasteiger partial charge on any atom is 0.250 e. The molecule has 2 aliphatic heterocycles. The zero-order valence-corrected chi connectivity index (χ0v) is 15.0. The van der Waals surface area contributed by atoms with Gasteiger partial charge in [0, 0.05) is 56.2 Å². The van der Waals surface area contributed by atoms with Crippen LogP contribution in [0, 0.1) is 5.92 Å². The van der Waals surface area contributed by atoms with Gasteiger partial charge in [0.1, 0.15) is 0 Å². The van der Waals surface area contributed by atoms with E-state index in [4.69, 9.17) is 0 Å². The van der Waals surface area contributed by atoms with Gasteiger partial charge >= 0.3 is 0 Å². The summed E-state index contributed by atoms with van der Waals surface area (Å²) in [6.45, 7) is 6.00. The van der Waals surface area contributed by atoms with E-state index in [-0.39, 0.29) is 42.2 Å². The third-order valence-electron chi connectivity index (χ3n) is 5.42. The van der Waals surface area contributed by atoms with Crippen LogP contribution < -0.4 is 10.9 Å². The van der Waals surface area contributed by atoms with Gasteiger partial charge in [-0.3, -0.25) is 14.4 Å². The molecule has 0 radical (unpaired) electrons. The molecule has 136 valence electrons. The molecule has 1 aromatic rings. The molecule has 3 atom stereocenters. The summed E-state index contributed by atoms with van der Waals surface area (Å²) in [5.41, 5.74) is 1.09. The van der Waals surface area contributed by atoms with Gasteiger partial charge in [-0.15, -0.1) is 0 Å². The Morgan fingerprint density at radius 1 is 1.24 bits per heavy atom. The van der Waals surface area contributed by atoms with E-state index in [1.807, 2.05) is 29.4 Å². The minimum Gasteiger partial charge on any atom is -0.354 e. The standard InChI is InChI=1S/C19H27N3O3/c1-3-13(2)20-17(23)7-8-18(24)21-10-14-9-15(12-21)16-5-4-6-19(25)22(16)11-14/h4-6,13-15H,3,7-12H2,1-2H3,(H,20,23)/t13-,14-,15+/m0/s1. The number of rotatable bonds is 5. The number of carbonyl (C=O) groups is 2. The molecule has 3 heterocycles. The molecular formula is C19H27N3O3. The molecule has 3 rings (SSSR count). The summed E-state index contributed by atoms with van der Waals surface area (Å²) >= 11 is 0. The minimum absolute atomic E-state index is 0.0423. The molecule has 0 saturated carbocycles. The third-order valence-corrected chi connectivity index (χ3v) is 5.42. The zero-order valence-electron chi connectivity index (χ0n) is 15.0. The van der Waals surface area contributed by atoms with Gasteiger partial charge in [0.15, 0.2) is 0 Å². The number of piperidine rings is 1. The number of carbonyl (C=O) groups excluding carboxylic acids is 2. The summed E-state index contributed by atoms with van der Waals surface area (Å²) in [6, 6.07) is 5.54. The van der Waals surface area contributed by atoms with Crippen molar-refractivity contribution in [3.05, 3.63) is 34.2 Å². The summed E-state index contributed by atoms with van der Waals surface area (Å²) < 4.78 is 1.86. The van der Waals surface area contributed by atoms with Gasteiger partial charge in [0.05, 0.1) is 0 Å². The topological polar surface area (TPSA) is 71.4 Å². The van der Waals surface area contributed by atoms with Crippen molar-refractivity contribution >= 4 is 11.8 Å². The average Bonchev–Trinajstić information content (AvgIpc) is 2.60. The minimum atomic E-state index is -0.0585. The lowest BCUT2D eigenvalue weighted by molar-refractivity contribution is -0.136. The number of hydrogen-bond acceptors (Lipinski definition) is 3. The van der Waals surface area contributed by atoms with Crippen molar-refractivity contribution in [2.45, 2.75) is 58.0 Å². The highest BCUT2D eigenvalue weighted by molar-refractivity contribution is 5.84. The highest BCUT2D eigenvalue weighted by Gasteiger charge is 2.36. The van der Waals surface area contributed by atoms with Crippen molar-refractivity contribution in [2.24, 2.45) is 5.92 Å². The number of likely N-dealkylation sites (tertiary alicyclic amines) is 1. The average molecular weight is 345 g/mol. The largest absolute Gasteiger partial charge is 0.354 e. The van der Waals surface area contributed by atoms with E-state index in [0.717, 1.165) is 18.5 Å². The molecule has 0 aromatic carbocycles.